The summed E-state index contributed by atoms with van der Waals surface area (Å²) in [5, 5.41) is 35.7. The average molecular weight is 814 g/mol. The van der Waals surface area contributed by atoms with Crippen LogP contribution in [0, 0.1) is 17.8 Å². The molecule has 0 heterocycles. The van der Waals surface area contributed by atoms with Gasteiger partial charge in [-0.2, -0.15) is 0 Å². The van der Waals surface area contributed by atoms with Crippen LogP contribution in [-0.2, 0) is 33.6 Å². The molecule has 6 amide bonds. The van der Waals surface area contributed by atoms with Gasteiger partial charge in [-0.05, 0) is 50.4 Å². The Morgan fingerprint density at radius 1 is 0.561 bits per heavy atom. The first kappa shape index (κ1) is 51.8. The second-order valence-corrected chi connectivity index (χ2v) is 14.3. The van der Waals surface area contributed by atoms with E-state index in [9.17, 15) is 43.8 Å². The Hall–Kier alpha value is -5.25. The molecule has 326 valence electrons. The largest absolute Gasteiger partial charge is 0.480 e. The van der Waals surface area contributed by atoms with E-state index in [4.69, 9.17) is 28.7 Å². The number of hydrogen-bond donors (Lipinski definition) is 13. The van der Waals surface area contributed by atoms with Crippen LogP contribution in [0.1, 0.15) is 87.0 Å². The average Bonchev–Trinajstić information content (AvgIpc) is 3.14. The van der Waals surface area contributed by atoms with Gasteiger partial charge in [0.15, 0.2) is 11.9 Å². The summed E-state index contributed by atoms with van der Waals surface area (Å²) in [7, 11) is 0. The maximum Gasteiger partial charge on any atom is 0.326 e. The topological polar surface area (TPSA) is 387 Å². The van der Waals surface area contributed by atoms with Gasteiger partial charge < -0.3 is 70.8 Å². The normalized spacial score (nSPS) is 15.8. The molecule has 0 radical (unpaired) electrons. The minimum absolute atomic E-state index is 0.0142. The second-order valence-electron chi connectivity index (χ2n) is 14.3. The lowest BCUT2D eigenvalue weighted by Crippen LogP contribution is -2.63. The van der Waals surface area contributed by atoms with Crippen molar-refractivity contribution in [2.45, 2.75) is 129 Å². The Morgan fingerprint density at radius 2 is 0.947 bits per heavy atom. The highest BCUT2D eigenvalue weighted by Crippen LogP contribution is 2.13. The number of nitrogens with one attached hydrogen (secondary N) is 6. The fourth-order valence-corrected chi connectivity index (χ4v) is 5.37. The summed E-state index contributed by atoms with van der Waals surface area (Å²) < 4.78 is 0. The molecule has 0 saturated carbocycles. The van der Waals surface area contributed by atoms with Gasteiger partial charge in [0.25, 0.3) is 0 Å². The fourth-order valence-electron chi connectivity index (χ4n) is 5.37. The lowest BCUT2D eigenvalue weighted by atomic mass is 9.95. The number of guanidine groups is 2. The molecule has 0 saturated heterocycles. The zero-order chi connectivity index (χ0) is 44.0. The lowest BCUT2D eigenvalue weighted by Gasteiger charge is -2.31. The van der Waals surface area contributed by atoms with Gasteiger partial charge in [-0.15, -0.1) is 0 Å². The smallest absolute Gasteiger partial charge is 0.326 e. The summed E-state index contributed by atoms with van der Waals surface area (Å²) in [5.74, 6) is -7.68. The van der Waals surface area contributed by atoms with Crippen LogP contribution < -0.4 is 60.6 Å². The number of nitrogens with two attached hydrogens (primary N) is 5. The molecule has 0 spiro atoms. The molecule has 0 rings (SSSR count). The van der Waals surface area contributed by atoms with Crippen molar-refractivity contribution in [1.82, 2.24) is 31.9 Å². The SMILES string of the molecule is CC[C@H](C)[C@H](NC(=O)[C@H](CCCN=C(N)N)NC(=O)[C@@H](NC(=O)[C@H](NC(=O)[C@@H](NC(=O)CN)C(C)C)[C@@H](C)CC)[C@@H](C)O)C(=O)N[C@@H](CCCN=C(N)N)C(=O)O. The third-order valence-electron chi connectivity index (χ3n) is 9.24. The number of nitrogens with zero attached hydrogens (tertiary/aromatic N) is 2. The van der Waals surface area contributed by atoms with Crippen LogP contribution in [0.3, 0.4) is 0 Å². The molecule has 0 aromatic rings. The number of aliphatic hydroxyl groups excluding tert-OH is 1. The third-order valence-corrected chi connectivity index (χ3v) is 9.24. The van der Waals surface area contributed by atoms with Gasteiger partial charge >= 0.3 is 5.97 Å². The predicted molar refractivity (Wildman–Crippen MR) is 214 cm³/mol. The number of carboxylic acid groups (broad SMARTS) is 1. The molecule has 0 aliphatic heterocycles. The molecule has 0 aliphatic rings. The summed E-state index contributed by atoms with van der Waals surface area (Å²) in [6.07, 6.45) is -0.376. The van der Waals surface area contributed by atoms with Crippen molar-refractivity contribution in [1.29, 1.82) is 0 Å². The van der Waals surface area contributed by atoms with E-state index in [2.05, 4.69) is 41.9 Å². The predicted octanol–water partition coefficient (Wildman–Crippen LogP) is -3.83. The molecule has 0 unspecified atom stereocenters. The van der Waals surface area contributed by atoms with Crippen LogP contribution in [0.4, 0.5) is 0 Å². The van der Waals surface area contributed by atoms with E-state index < -0.39 is 95.6 Å². The van der Waals surface area contributed by atoms with E-state index in [0.29, 0.717) is 12.8 Å². The Bertz CT molecular complexity index is 1400. The van der Waals surface area contributed by atoms with Gasteiger partial charge in [-0.25, -0.2) is 4.79 Å². The number of carbonyl (C=O) groups excluding carboxylic acids is 6. The number of carbonyl (C=O) groups is 7. The van der Waals surface area contributed by atoms with Crippen LogP contribution in [0.25, 0.3) is 0 Å². The minimum Gasteiger partial charge on any atom is -0.480 e. The number of hydrogen-bond acceptors (Lipinski definition) is 11. The zero-order valence-corrected chi connectivity index (χ0v) is 34.2. The molecule has 0 fully saturated rings. The fraction of sp³-hybridized carbons (Fsp3) is 0.743. The molecule has 0 aromatic carbocycles. The highest BCUT2D eigenvalue weighted by Gasteiger charge is 2.37. The standard InChI is InChI=1S/C35H67N13O9/c1-8-18(5)25(30(53)44-22(33(56)57)13-11-15-42-35(39)40)46-28(51)21(12-10-14-41-34(37)38)43-32(55)27(20(7)49)48-31(54)26(19(6)9-2)47-29(52)24(17(3)4)45-23(50)16-36/h17-22,24-27,49H,8-16,36H2,1-7H3,(H,43,55)(H,44,53)(H,45,50)(H,46,51)(H,47,52)(H,48,54)(H,56,57)(H4,37,38,41)(H4,39,40,42)/t18-,19-,20+,21-,22-,24-,25-,26+,27-/m0/s1. The van der Waals surface area contributed by atoms with E-state index in [-0.39, 0.29) is 63.2 Å². The zero-order valence-electron chi connectivity index (χ0n) is 34.2. The Morgan fingerprint density at radius 3 is 1.35 bits per heavy atom. The second kappa shape index (κ2) is 26.6. The highest BCUT2D eigenvalue weighted by atomic mass is 16.4. The molecule has 22 nitrogen and oxygen atoms in total. The van der Waals surface area contributed by atoms with Crippen molar-refractivity contribution >= 4 is 53.3 Å². The summed E-state index contributed by atoms with van der Waals surface area (Å²) in [6.45, 7) is 11.4. The van der Waals surface area contributed by atoms with E-state index >= 15 is 0 Å². The molecular weight excluding hydrogens is 746 g/mol. The monoisotopic (exact) mass is 814 g/mol. The van der Waals surface area contributed by atoms with Crippen molar-refractivity contribution < 1.29 is 43.8 Å². The van der Waals surface area contributed by atoms with Crippen molar-refractivity contribution in [3.63, 3.8) is 0 Å². The number of carboxylic acids is 1. The summed E-state index contributed by atoms with van der Waals surface area (Å²) >= 11 is 0. The first-order valence-electron chi connectivity index (χ1n) is 19.1. The van der Waals surface area contributed by atoms with E-state index in [1.807, 2.05) is 0 Å². The Labute approximate surface area is 334 Å². The highest BCUT2D eigenvalue weighted by molar-refractivity contribution is 5.97. The quantitative estimate of drug-likeness (QED) is 0.0215. The molecule has 0 aliphatic carbocycles. The van der Waals surface area contributed by atoms with E-state index in [1.54, 1.807) is 41.5 Å². The maximum atomic E-state index is 13.8. The van der Waals surface area contributed by atoms with Crippen LogP contribution >= 0.6 is 0 Å². The maximum absolute atomic E-state index is 13.8. The first-order valence-corrected chi connectivity index (χ1v) is 19.1. The number of amides is 6. The van der Waals surface area contributed by atoms with Gasteiger partial charge in [0.1, 0.15) is 36.3 Å². The van der Waals surface area contributed by atoms with Gasteiger partial charge in [0, 0.05) is 13.1 Å². The van der Waals surface area contributed by atoms with Gasteiger partial charge in [0.05, 0.1) is 12.6 Å². The third kappa shape index (κ3) is 19.4. The van der Waals surface area contributed by atoms with E-state index in [0.717, 1.165) is 0 Å². The van der Waals surface area contributed by atoms with Gasteiger partial charge in [-0.3, -0.25) is 38.8 Å². The molecular formula is C35H67N13O9. The minimum atomic E-state index is -1.63. The van der Waals surface area contributed by atoms with Crippen LogP contribution in [0.2, 0.25) is 0 Å². The first-order chi connectivity index (χ1) is 26.6. The van der Waals surface area contributed by atoms with Gasteiger partial charge in [-0.1, -0.05) is 54.4 Å². The molecule has 0 aromatic heterocycles. The molecule has 57 heavy (non-hydrogen) atoms. The molecule has 18 N–H and O–H groups in total. The lowest BCUT2D eigenvalue weighted by molar-refractivity contribution is -0.143. The summed E-state index contributed by atoms with van der Waals surface area (Å²) in [5.41, 5.74) is 26.9. The number of aliphatic imine (C=N–C) groups is 2. The number of aliphatic carboxylic acids is 1. The molecule has 22 heteroatoms. The number of rotatable bonds is 27. The summed E-state index contributed by atoms with van der Waals surface area (Å²) in [6, 6.07) is -7.79. The van der Waals surface area contributed by atoms with Crippen LogP contribution in [0.15, 0.2) is 9.98 Å². The molecule has 9 atom stereocenters. The Kier molecular flexibility index (Phi) is 24.1. The summed E-state index contributed by atoms with van der Waals surface area (Å²) in [4.78, 5) is 99.7. The van der Waals surface area contributed by atoms with Crippen molar-refractivity contribution in [2.24, 2.45) is 56.4 Å². The van der Waals surface area contributed by atoms with Crippen LogP contribution in [-0.4, -0.2) is 126 Å². The number of aliphatic hydroxyl groups is 1. The van der Waals surface area contributed by atoms with Crippen LogP contribution in [0.5, 0.6) is 0 Å². The van der Waals surface area contributed by atoms with E-state index in [1.165, 1.54) is 6.92 Å². The van der Waals surface area contributed by atoms with Crippen molar-refractivity contribution in [3.05, 3.63) is 0 Å². The Balaban J connectivity index is 6.40. The molecule has 0 bridgehead atoms. The van der Waals surface area contributed by atoms with Crippen molar-refractivity contribution in [2.75, 3.05) is 19.6 Å². The van der Waals surface area contributed by atoms with Crippen molar-refractivity contribution in [3.8, 4) is 0 Å². The van der Waals surface area contributed by atoms with Gasteiger partial charge in [0.2, 0.25) is 35.4 Å².